The third-order valence-corrected chi connectivity index (χ3v) is 5.38. The summed E-state index contributed by atoms with van der Waals surface area (Å²) in [5, 5.41) is 11.7. The second-order valence-corrected chi connectivity index (χ2v) is 7.35. The number of hydrogen-bond donors (Lipinski definition) is 0. The van der Waals surface area contributed by atoms with Gasteiger partial charge in [-0.05, 0) is 25.3 Å². The van der Waals surface area contributed by atoms with Crippen LogP contribution in [-0.4, -0.2) is 77.3 Å². The van der Waals surface area contributed by atoms with Crippen molar-refractivity contribution in [3.8, 4) is 0 Å². The standard InChI is InChI=1S/C20H27N5O5/c1-5-13-26-22(9-1)17-18(23-10-2-6-14-27-23)20(25-12-4-8-16-29-25)30-21-19(17)24-11-3-7-15-28-24/h1,3-4,6-7,9,12,14,17-18,20H,2,5,8,10-11,13,15-16H2. The predicted octanol–water partition coefficient (Wildman–Crippen LogP) is 1.65. The predicted molar refractivity (Wildman–Crippen MR) is 106 cm³/mol. The minimum atomic E-state index is -0.527. The summed E-state index contributed by atoms with van der Waals surface area (Å²) < 4.78 is 0. The van der Waals surface area contributed by atoms with E-state index in [9.17, 15) is 0 Å². The molecular weight excluding hydrogens is 390 g/mol. The van der Waals surface area contributed by atoms with E-state index in [2.05, 4.69) is 17.3 Å². The van der Waals surface area contributed by atoms with Crippen molar-refractivity contribution in [1.82, 2.24) is 20.3 Å². The SMILES string of the molecule is C1=CN(C2ON=C(N3CC=CCO3)C(N3C=CCCO3)C2N2CCC=CO2)OCC1. The maximum absolute atomic E-state index is 6.03. The van der Waals surface area contributed by atoms with Gasteiger partial charge in [0.1, 0.15) is 18.3 Å². The van der Waals surface area contributed by atoms with Gasteiger partial charge in [-0.2, -0.15) is 0 Å². The maximum Gasteiger partial charge on any atom is 0.243 e. The Hall–Kier alpha value is -2.53. The van der Waals surface area contributed by atoms with E-state index in [0.717, 1.165) is 19.3 Å². The molecule has 0 fully saturated rings. The number of nitrogens with zero attached hydrogens (tertiary/aromatic N) is 5. The lowest BCUT2D eigenvalue weighted by Crippen LogP contribution is -2.67. The third kappa shape index (κ3) is 3.91. The molecule has 5 heterocycles. The van der Waals surface area contributed by atoms with Crippen LogP contribution in [0.2, 0.25) is 0 Å². The van der Waals surface area contributed by atoms with Gasteiger partial charge in [0, 0.05) is 18.9 Å². The van der Waals surface area contributed by atoms with E-state index in [1.807, 2.05) is 40.8 Å². The van der Waals surface area contributed by atoms with Crippen molar-refractivity contribution in [3.05, 3.63) is 49.0 Å². The lowest BCUT2D eigenvalue weighted by atomic mass is 10.0. The van der Waals surface area contributed by atoms with E-state index < -0.39 is 6.23 Å². The minimum Gasteiger partial charge on any atom is -0.414 e. The van der Waals surface area contributed by atoms with Gasteiger partial charge < -0.3 is 9.68 Å². The molecule has 30 heavy (non-hydrogen) atoms. The fourth-order valence-corrected chi connectivity index (χ4v) is 3.96. The molecule has 0 bridgehead atoms. The summed E-state index contributed by atoms with van der Waals surface area (Å²) in [6.07, 6.45) is 17.8. The van der Waals surface area contributed by atoms with E-state index >= 15 is 0 Å². The maximum atomic E-state index is 6.03. The zero-order valence-electron chi connectivity index (χ0n) is 16.8. The number of rotatable bonds is 3. The molecule has 0 amide bonds. The van der Waals surface area contributed by atoms with Crippen LogP contribution in [0.15, 0.2) is 54.2 Å². The van der Waals surface area contributed by atoms with E-state index in [4.69, 9.17) is 24.2 Å². The molecule has 5 rings (SSSR count). The fraction of sp³-hybridized carbons (Fsp3) is 0.550. The summed E-state index contributed by atoms with van der Waals surface area (Å²) in [4.78, 5) is 29.7. The monoisotopic (exact) mass is 417 g/mol. The van der Waals surface area contributed by atoms with Crippen LogP contribution in [-0.2, 0) is 24.2 Å². The normalized spacial score (nSPS) is 32.1. The van der Waals surface area contributed by atoms with Gasteiger partial charge in [-0.1, -0.05) is 29.5 Å². The molecule has 162 valence electrons. The van der Waals surface area contributed by atoms with Crippen molar-refractivity contribution in [2.45, 2.75) is 37.6 Å². The lowest BCUT2D eigenvalue weighted by molar-refractivity contribution is -0.300. The fourth-order valence-electron chi connectivity index (χ4n) is 3.96. The molecule has 0 saturated heterocycles. The van der Waals surface area contributed by atoms with Gasteiger partial charge in [-0.15, -0.1) is 5.06 Å². The first-order valence-corrected chi connectivity index (χ1v) is 10.5. The quantitative estimate of drug-likeness (QED) is 0.638. The van der Waals surface area contributed by atoms with E-state index in [-0.39, 0.29) is 12.1 Å². The van der Waals surface area contributed by atoms with Crippen molar-refractivity contribution in [2.24, 2.45) is 5.16 Å². The van der Waals surface area contributed by atoms with E-state index in [1.54, 1.807) is 16.4 Å². The van der Waals surface area contributed by atoms with Crippen LogP contribution < -0.4 is 0 Å². The van der Waals surface area contributed by atoms with Gasteiger partial charge in [0.05, 0.1) is 26.4 Å². The topological polar surface area (TPSA) is 71.5 Å². The molecule has 0 aromatic carbocycles. The van der Waals surface area contributed by atoms with Gasteiger partial charge in [0.15, 0.2) is 5.84 Å². The van der Waals surface area contributed by atoms with Crippen LogP contribution in [0.5, 0.6) is 0 Å². The van der Waals surface area contributed by atoms with Crippen molar-refractivity contribution in [3.63, 3.8) is 0 Å². The summed E-state index contributed by atoms with van der Waals surface area (Å²) in [5.74, 6) is 0.631. The molecule has 0 N–H and O–H groups in total. The molecule has 0 aromatic rings. The second-order valence-electron chi connectivity index (χ2n) is 7.35. The van der Waals surface area contributed by atoms with E-state index in [1.165, 1.54) is 0 Å². The van der Waals surface area contributed by atoms with Crippen LogP contribution in [0.1, 0.15) is 19.3 Å². The van der Waals surface area contributed by atoms with Crippen LogP contribution in [0, 0.1) is 0 Å². The Morgan fingerprint density at radius 3 is 2.37 bits per heavy atom. The molecule has 0 saturated carbocycles. The zero-order valence-corrected chi connectivity index (χ0v) is 16.8. The molecule has 5 aliphatic heterocycles. The Morgan fingerprint density at radius 1 is 0.867 bits per heavy atom. The molecular formula is C20H27N5O5. The number of oxime groups is 1. The highest BCUT2D eigenvalue weighted by Crippen LogP contribution is 2.31. The Labute approximate surface area is 175 Å². The highest BCUT2D eigenvalue weighted by Gasteiger charge is 2.51. The Bertz CT molecular complexity index is 754. The highest BCUT2D eigenvalue weighted by atomic mass is 16.8. The summed E-state index contributed by atoms with van der Waals surface area (Å²) in [5.41, 5.74) is 0. The van der Waals surface area contributed by atoms with Crippen molar-refractivity contribution >= 4 is 5.84 Å². The first kappa shape index (κ1) is 19.4. The zero-order chi connectivity index (χ0) is 20.2. The molecule has 10 nitrogen and oxygen atoms in total. The first-order chi connectivity index (χ1) is 14.9. The first-order valence-electron chi connectivity index (χ1n) is 10.5. The number of hydrogen-bond acceptors (Lipinski definition) is 10. The molecule has 0 radical (unpaired) electrons. The van der Waals surface area contributed by atoms with Gasteiger partial charge in [-0.25, -0.2) is 15.2 Å². The number of amidine groups is 1. The second kappa shape index (κ2) is 9.09. The average molecular weight is 417 g/mol. The molecule has 10 heteroatoms. The Balaban J connectivity index is 1.53. The minimum absolute atomic E-state index is 0.303. The highest BCUT2D eigenvalue weighted by molar-refractivity contribution is 5.88. The van der Waals surface area contributed by atoms with Gasteiger partial charge in [0.2, 0.25) is 6.23 Å². The Kier molecular flexibility index (Phi) is 5.89. The van der Waals surface area contributed by atoms with Crippen molar-refractivity contribution in [1.29, 1.82) is 0 Å². The summed E-state index contributed by atoms with van der Waals surface area (Å²) in [6.45, 7) is 2.96. The van der Waals surface area contributed by atoms with Crippen LogP contribution in [0.25, 0.3) is 0 Å². The number of hydroxylamine groups is 8. The smallest absolute Gasteiger partial charge is 0.243 e. The lowest BCUT2D eigenvalue weighted by Gasteiger charge is -2.48. The molecule has 3 unspecified atom stereocenters. The van der Waals surface area contributed by atoms with Crippen molar-refractivity contribution in [2.75, 3.05) is 32.9 Å². The Morgan fingerprint density at radius 2 is 1.70 bits per heavy atom. The van der Waals surface area contributed by atoms with E-state index in [0.29, 0.717) is 38.7 Å². The van der Waals surface area contributed by atoms with Gasteiger partial charge in [0.25, 0.3) is 0 Å². The van der Waals surface area contributed by atoms with Crippen LogP contribution in [0.4, 0.5) is 0 Å². The van der Waals surface area contributed by atoms with Crippen LogP contribution in [0.3, 0.4) is 0 Å². The van der Waals surface area contributed by atoms with Crippen molar-refractivity contribution < 1.29 is 24.2 Å². The molecule has 0 spiro atoms. The van der Waals surface area contributed by atoms with Crippen LogP contribution >= 0.6 is 0 Å². The van der Waals surface area contributed by atoms with Gasteiger partial charge >= 0.3 is 0 Å². The molecule has 0 aliphatic carbocycles. The molecule has 3 atom stereocenters. The molecule has 5 aliphatic rings. The summed E-state index contributed by atoms with van der Waals surface area (Å²) in [6, 6.07) is -0.639. The largest absolute Gasteiger partial charge is 0.414 e. The molecule has 0 aromatic heterocycles. The van der Waals surface area contributed by atoms with Gasteiger partial charge in [-0.3, -0.25) is 14.5 Å². The third-order valence-electron chi connectivity index (χ3n) is 5.38. The summed E-state index contributed by atoms with van der Waals surface area (Å²) >= 11 is 0. The average Bonchev–Trinajstić information content (AvgIpc) is 2.85. The summed E-state index contributed by atoms with van der Waals surface area (Å²) in [7, 11) is 0.